The molecular formula is C23H25N5O3. The monoisotopic (exact) mass is 419 g/mol. The molecule has 31 heavy (non-hydrogen) atoms. The average Bonchev–Trinajstić information content (AvgIpc) is 3.40. The Morgan fingerprint density at radius 2 is 1.77 bits per heavy atom. The van der Waals surface area contributed by atoms with E-state index < -0.39 is 0 Å². The fourth-order valence-electron chi connectivity index (χ4n) is 4.00. The van der Waals surface area contributed by atoms with Crippen LogP contribution >= 0.6 is 0 Å². The van der Waals surface area contributed by atoms with E-state index in [1.807, 2.05) is 60.5 Å². The zero-order valence-corrected chi connectivity index (χ0v) is 17.5. The van der Waals surface area contributed by atoms with Crippen LogP contribution in [0.1, 0.15) is 5.56 Å². The molecule has 0 saturated carbocycles. The van der Waals surface area contributed by atoms with E-state index in [9.17, 15) is 4.79 Å². The Labute approximate surface area is 181 Å². The summed E-state index contributed by atoms with van der Waals surface area (Å²) in [6.45, 7) is 4.10. The first kappa shape index (κ1) is 19.4. The van der Waals surface area contributed by atoms with Crippen LogP contribution in [0.2, 0.25) is 0 Å². The summed E-state index contributed by atoms with van der Waals surface area (Å²) < 4.78 is 12.6. The molecule has 3 heterocycles. The maximum absolute atomic E-state index is 12.7. The van der Waals surface area contributed by atoms with Gasteiger partial charge in [0, 0.05) is 45.8 Å². The fraction of sp³-hybridized carbons (Fsp3) is 0.304. The highest BCUT2D eigenvalue weighted by molar-refractivity contribution is 5.89. The molecule has 0 bridgehead atoms. The Hall–Kier alpha value is -3.52. The molecule has 2 aromatic carbocycles. The summed E-state index contributed by atoms with van der Waals surface area (Å²) in [5.41, 5.74) is 3.21. The van der Waals surface area contributed by atoms with E-state index in [1.54, 1.807) is 4.68 Å². The molecule has 160 valence electrons. The number of amides is 2. The Bertz CT molecular complexity index is 1070. The van der Waals surface area contributed by atoms with Gasteiger partial charge in [0.25, 0.3) is 0 Å². The maximum Gasteiger partial charge on any atom is 0.323 e. The molecule has 2 aliphatic heterocycles. The van der Waals surface area contributed by atoms with E-state index in [0.29, 0.717) is 18.9 Å². The van der Waals surface area contributed by atoms with Gasteiger partial charge in [-0.3, -0.25) is 14.9 Å². The van der Waals surface area contributed by atoms with Crippen LogP contribution in [0.5, 0.6) is 11.5 Å². The third-order valence-corrected chi connectivity index (χ3v) is 5.69. The minimum atomic E-state index is -0.111. The highest BCUT2D eigenvalue weighted by atomic mass is 16.7. The minimum absolute atomic E-state index is 0.111. The third kappa shape index (κ3) is 4.20. The van der Waals surface area contributed by atoms with Gasteiger partial charge in [0.05, 0.1) is 5.69 Å². The molecule has 1 aromatic heterocycles. The summed E-state index contributed by atoms with van der Waals surface area (Å²) in [6.07, 6.45) is 0. The predicted octanol–water partition coefficient (Wildman–Crippen LogP) is 3.17. The second kappa shape index (κ2) is 8.31. The summed E-state index contributed by atoms with van der Waals surface area (Å²) in [4.78, 5) is 16.9. The number of hydrogen-bond acceptors (Lipinski definition) is 5. The highest BCUT2D eigenvalue weighted by Gasteiger charge is 2.23. The SMILES string of the molecule is Cn1nc(NC(=O)N2CCN(Cc3ccc4c(c3)OCO4)CC2)cc1-c1ccccc1. The van der Waals surface area contributed by atoms with Gasteiger partial charge in [-0.25, -0.2) is 4.79 Å². The molecule has 2 aliphatic rings. The number of ether oxygens (including phenoxy) is 2. The topological polar surface area (TPSA) is 71.9 Å². The molecule has 5 rings (SSSR count). The van der Waals surface area contributed by atoms with Crippen LogP contribution in [0, 0.1) is 0 Å². The van der Waals surface area contributed by atoms with Crippen LogP contribution in [0.3, 0.4) is 0 Å². The molecule has 0 aliphatic carbocycles. The Morgan fingerprint density at radius 3 is 2.58 bits per heavy atom. The lowest BCUT2D eigenvalue weighted by atomic mass is 10.1. The van der Waals surface area contributed by atoms with Gasteiger partial charge < -0.3 is 14.4 Å². The van der Waals surface area contributed by atoms with Gasteiger partial charge in [0.15, 0.2) is 17.3 Å². The van der Waals surface area contributed by atoms with Gasteiger partial charge in [-0.05, 0) is 23.3 Å². The first-order valence-electron chi connectivity index (χ1n) is 10.4. The number of fused-ring (bicyclic) bond motifs is 1. The number of nitrogens with one attached hydrogen (secondary N) is 1. The van der Waals surface area contributed by atoms with Gasteiger partial charge in [-0.1, -0.05) is 36.4 Å². The van der Waals surface area contributed by atoms with Crippen molar-refractivity contribution in [1.82, 2.24) is 19.6 Å². The van der Waals surface area contributed by atoms with Gasteiger partial charge in [0.1, 0.15) is 0 Å². The highest BCUT2D eigenvalue weighted by Crippen LogP contribution is 2.32. The molecule has 2 amide bonds. The standard InChI is InChI=1S/C23H25N5O3/c1-26-19(18-5-3-2-4-6-18)14-22(25-26)24-23(29)28-11-9-27(10-12-28)15-17-7-8-20-21(13-17)31-16-30-20/h2-8,13-14H,9-12,15-16H2,1H3,(H,24,25,29). The average molecular weight is 419 g/mol. The summed E-state index contributed by atoms with van der Waals surface area (Å²) in [5.74, 6) is 2.17. The van der Waals surface area contributed by atoms with Crippen molar-refractivity contribution in [2.24, 2.45) is 7.05 Å². The second-order valence-electron chi connectivity index (χ2n) is 7.79. The lowest BCUT2D eigenvalue weighted by Crippen LogP contribution is -2.49. The molecular weight excluding hydrogens is 394 g/mol. The Balaban J connectivity index is 1.15. The first-order chi connectivity index (χ1) is 15.2. The molecule has 3 aromatic rings. The van der Waals surface area contributed by atoms with Gasteiger partial charge in [-0.15, -0.1) is 0 Å². The van der Waals surface area contributed by atoms with Crippen LogP contribution in [0.4, 0.5) is 10.6 Å². The van der Waals surface area contributed by atoms with Crippen LogP contribution < -0.4 is 14.8 Å². The van der Waals surface area contributed by atoms with Gasteiger partial charge >= 0.3 is 6.03 Å². The first-order valence-corrected chi connectivity index (χ1v) is 10.4. The number of aryl methyl sites for hydroxylation is 1. The van der Waals surface area contributed by atoms with E-state index in [2.05, 4.69) is 21.4 Å². The number of benzene rings is 2. The predicted molar refractivity (Wildman–Crippen MR) is 117 cm³/mol. The van der Waals surface area contributed by atoms with Crippen LogP contribution in [-0.4, -0.2) is 58.6 Å². The summed E-state index contributed by atoms with van der Waals surface area (Å²) in [5, 5.41) is 7.39. The number of anilines is 1. The number of rotatable bonds is 4. The van der Waals surface area contributed by atoms with Crippen molar-refractivity contribution >= 4 is 11.8 Å². The summed E-state index contributed by atoms with van der Waals surface area (Å²) in [6, 6.07) is 17.9. The van der Waals surface area contributed by atoms with Crippen molar-refractivity contribution in [3.05, 3.63) is 60.2 Å². The van der Waals surface area contributed by atoms with Crippen molar-refractivity contribution in [3.63, 3.8) is 0 Å². The molecule has 0 radical (unpaired) electrons. The zero-order valence-electron chi connectivity index (χ0n) is 17.5. The summed E-state index contributed by atoms with van der Waals surface area (Å²) >= 11 is 0. The fourth-order valence-corrected chi connectivity index (χ4v) is 4.00. The van der Waals surface area contributed by atoms with E-state index in [4.69, 9.17) is 9.47 Å². The van der Waals surface area contributed by atoms with E-state index in [0.717, 1.165) is 42.4 Å². The smallest absolute Gasteiger partial charge is 0.323 e. The molecule has 1 saturated heterocycles. The number of urea groups is 1. The lowest BCUT2D eigenvalue weighted by molar-refractivity contribution is 0.143. The Morgan fingerprint density at radius 1 is 1.00 bits per heavy atom. The van der Waals surface area contributed by atoms with Crippen LogP contribution in [0.25, 0.3) is 11.3 Å². The van der Waals surface area contributed by atoms with E-state index >= 15 is 0 Å². The third-order valence-electron chi connectivity index (χ3n) is 5.69. The molecule has 0 atom stereocenters. The number of aromatic nitrogens is 2. The number of carbonyl (C=O) groups is 1. The van der Waals surface area contributed by atoms with Crippen molar-refractivity contribution in [1.29, 1.82) is 0 Å². The number of nitrogens with zero attached hydrogens (tertiary/aromatic N) is 4. The molecule has 1 N–H and O–H groups in total. The van der Waals surface area contributed by atoms with Gasteiger partial charge in [0.2, 0.25) is 6.79 Å². The summed E-state index contributed by atoms with van der Waals surface area (Å²) in [7, 11) is 1.88. The molecule has 0 unspecified atom stereocenters. The van der Waals surface area contributed by atoms with Crippen LogP contribution in [-0.2, 0) is 13.6 Å². The normalized spacial score (nSPS) is 15.8. The van der Waals surface area contributed by atoms with E-state index in [-0.39, 0.29) is 12.8 Å². The maximum atomic E-state index is 12.7. The number of hydrogen-bond donors (Lipinski definition) is 1. The number of piperazine rings is 1. The quantitative estimate of drug-likeness (QED) is 0.703. The van der Waals surface area contributed by atoms with Crippen molar-refractivity contribution < 1.29 is 14.3 Å². The Kier molecular flexibility index (Phi) is 5.21. The zero-order chi connectivity index (χ0) is 21.2. The van der Waals surface area contributed by atoms with Crippen molar-refractivity contribution in [2.75, 3.05) is 38.3 Å². The molecule has 1 fully saturated rings. The number of carbonyl (C=O) groups excluding carboxylic acids is 1. The van der Waals surface area contributed by atoms with Crippen molar-refractivity contribution in [2.45, 2.75) is 6.54 Å². The minimum Gasteiger partial charge on any atom is -0.454 e. The molecule has 0 spiro atoms. The van der Waals surface area contributed by atoms with Crippen molar-refractivity contribution in [3.8, 4) is 22.8 Å². The molecule has 8 nitrogen and oxygen atoms in total. The molecule has 8 heteroatoms. The van der Waals surface area contributed by atoms with E-state index in [1.165, 1.54) is 5.56 Å². The van der Waals surface area contributed by atoms with Gasteiger partial charge in [-0.2, -0.15) is 5.10 Å². The van der Waals surface area contributed by atoms with Crippen LogP contribution in [0.15, 0.2) is 54.6 Å². The largest absolute Gasteiger partial charge is 0.454 e. The lowest BCUT2D eigenvalue weighted by Gasteiger charge is -2.34. The second-order valence-corrected chi connectivity index (χ2v) is 7.79.